The molecular weight excluding hydrogens is 315 g/mol. The molecule has 1 atom stereocenters. The van der Waals surface area contributed by atoms with Crippen molar-refractivity contribution in [2.75, 3.05) is 5.32 Å². The number of halogens is 1. The second kappa shape index (κ2) is 6.82. The molecule has 0 bridgehead atoms. The SMILES string of the molecule is C#CC(=O)Nc1cc(C2=CC(C)CC=c3[nH]cc(C)c3=C2)ccc1F. The van der Waals surface area contributed by atoms with Crippen molar-refractivity contribution < 1.29 is 9.18 Å². The summed E-state index contributed by atoms with van der Waals surface area (Å²) in [4.78, 5) is 14.7. The van der Waals surface area contributed by atoms with E-state index in [0.29, 0.717) is 5.92 Å². The molecule has 0 saturated heterocycles. The van der Waals surface area contributed by atoms with Crippen LogP contribution in [0.5, 0.6) is 0 Å². The van der Waals surface area contributed by atoms with Crippen molar-refractivity contribution in [2.24, 2.45) is 5.92 Å². The molecule has 0 saturated carbocycles. The maximum absolute atomic E-state index is 14.0. The van der Waals surface area contributed by atoms with Crippen LogP contribution in [-0.4, -0.2) is 10.9 Å². The number of aromatic amines is 1. The molecule has 2 aromatic rings. The third kappa shape index (κ3) is 3.56. The average molecular weight is 334 g/mol. The Kier molecular flexibility index (Phi) is 4.58. The van der Waals surface area contributed by atoms with Crippen molar-refractivity contribution in [3.63, 3.8) is 0 Å². The predicted molar refractivity (Wildman–Crippen MR) is 99.3 cm³/mol. The largest absolute Gasteiger partial charge is 0.361 e. The number of benzene rings is 1. The number of hydrogen-bond acceptors (Lipinski definition) is 1. The van der Waals surface area contributed by atoms with E-state index < -0.39 is 11.7 Å². The van der Waals surface area contributed by atoms with Crippen LogP contribution in [0.15, 0.2) is 30.5 Å². The molecule has 1 amide bonds. The number of nitrogens with one attached hydrogen (secondary N) is 2. The molecule has 0 fully saturated rings. The minimum Gasteiger partial charge on any atom is -0.361 e. The van der Waals surface area contributed by atoms with Gasteiger partial charge in [-0.25, -0.2) is 4.39 Å². The Morgan fingerprint density at radius 2 is 2.24 bits per heavy atom. The standard InChI is InChI=1S/C21H19FN2O/c1-4-21(25)24-20-11-15(6-7-18(20)22)16-9-13(2)5-8-19-17(10-16)14(3)12-23-19/h1,6-13,23H,5H2,2-3H3,(H,24,25). The normalized spacial score (nSPS) is 16.2. The number of aryl methyl sites for hydroxylation is 1. The third-order valence-electron chi connectivity index (χ3n) is 4.30. The van der Waals surface area contributed by atoms with Crippen LogP contribution in [0.3, 0.4) is 0 Å². The van der Waals surface area contributed by atoms with Gasteiger partial charge in [-0.05, 0) is 60.1 Å². The Morgan fingerprint density at radius 1 is 1.44 bits per heavy atom. The van der Waals surface area contributed by atoms with Crippen molar-refractivity contribution >= 4 is 29.3 Å². The smallest absolute Gasteiger partial charge is 0.300 e. The molecule has 25 heavy (non-hydrogen) atoms. The van der Waals surface area contributed by atoms with Crippen molar-refractivity contribution in [1.29, 1.82) is 0 Å². The number of hydrogen-bond donors (Lipinski definition) is 2. The van der Waals surface area contributed by atoms with Crippen LogP contribution in [0, 0.1) is 31.0 Å². The summed E-state index contributed by atoms with van der Waals surface area (Å²) >= 11 is 0. The van der Waals surface area contributed by atoms with Gasteiger partial charge in [0.05, 0.1) is 5.69 Å². The molecule has 1 aliphatic carbocycles. The van der Waals surface area contributed by atoms with E-state index in [-0.39, 0.29) is 5.69 Å². The predicted octanol–water partition coefficient (Wildman–Crippen LogP) is 2.72. The zero-order chi connectivity index (χ0) is 18.0. The fraction of sp³-hybridized carbons (Fsp3) is 0.190. The van der Waals surface area contributed by atoms with Gasteiger partial charge < -0.3 is 10.3 Å². The molecule has 1 aromatic heterocycles. The summed E-state index contributed by atoms with van der Waals surface area (Å²) < 4.78 is 14.0. The molecule has 0 spiro atoms. The van der Waals surface area contributed by atoms with E-state index in [1.165, 1.54) is 6.07 Å². The molecular formula is C21H19FN2O. The number of rotatable bonds is 2. The van der Waals surface area contributed by atoms with Gasteiger partial charge in [-0.3, -0.25) is 4.79 Å². The van der Waals surface area contributed by atoms with Crippen LogP contribution in [-0.2, 0) is 4.79 Å². The van der Waals surface area contributed by atoms with E-state index in [4.69, 9.17) is 6.42 Å². The minimum atomic E-state index is -0.668. The highest BCUT2D eigenvalue weighted by Gasteiger charge is 2.11. The topological polar surface area (TPSA) is 44.9 Å². The first-order valence-corrected chi connectivity index (χ1v) is 8.13. The van der Waals surface area contributed by atoms with E-state index in [0.717, 1.165) is 33.7 Å². The van der Waals surface area contributed by atoms with E-state index >= 15 is 0 Å². The fourth-order valence-electron chi connectivity index (χ4n) is 2.93. The number of carbonyl (C=O) groups excluding carboxylic acids is 1. The van der Waals surface area contributed by atoms with Gasteiger partial charge in [0.15, 0.2) is 0 Å². The Labute approximate surface area is 146 Å². The van der Waals surface area contributed by atoms with Gasteiger partial charge in [0, 0.05) is 16.8 Å². The summed E-state index contributed by atoms with van der Waals surface area (Å²) in [5, 5.41) is 4.62. The molecule has 0 radical (unpaired) electrons. The number of aromatic nitrogens is 1. The van der Waals surface area contributed by atoms with Crippen LogP contribution >= 0.6 is 0 Å². The Hall–Kier alpha value is -3.06. The van der Waals surface area contributed by atoms with Gasteiger partial charge in [0.2, 0.25) is 0 Å². The molecule has 1 heterocycles. The van der Waals surface area contributed by atoms with E-state index in [1.54, 1.807) is 12.1 Å². The Balaban J connectivity index is 2.13. The molecule has 4 heteroatoms. The summed E-state index contributed by atoms with van der Waals surface area (Å²) in [6.45, 7) is 4.18. The lowest BCUT2D eigenvalue weighted by molar-refractivity contribution is -0.111. The first kappa shape index (κ1) is 16.8. The average Bonchev–Trinajstić information content (AvgIpc) is 2.92. The highest BCUT2D eigenvalue weighted by Crippen LogP contribution is 2.25. The first-order chi connectivity index (χ1) is 12.0. The number of amides is 1. The zero-order valence-electron chi connectivity index (χ0n) is 14.2. The number of terminal acetylenes is 1. The summed E-state index contributed by atoms with van der Waals surface area (Å²) in [5.41, 5.74) is 3.05. The van der Waals surface area contributed by atoms with Crippen molar-refractivity contribution in [3.8, 4) is 12.3 Å². The lowest BCUT2D eigenvalue weighted by atomic mass is 9.95. The van der Waals surface area contributed by atoms with Crippen LogP contribution in [0.25, 0.3) is 17.7 Å². The quantitative estimate of drug-likeness (QED) is 0.815. The number of fused-ring (bicyclic) bond motifs is 1. The van der Waals surface area contributed by atoms with Crippen LogP contribution in [0.2, 0.25) is 0 Å². The number of H-pyrrole nitrogens is 1. The maximum atomic E-state index is 14.0. The van der Waals surface area contributed by atoms with Crippen molar-refractivity contribution in [3.05, 3.63) is 58.0 Å². The molecule has 1 unspecified atom stereocenters. The minimum absolute atomic E-state index is 0.0852. The van der Waals surface area contributed by atoms with E-state index in [1.807, 2.05) is 19.0 Å². The number of allylic oxidation sites excluding steroid dienone is 2. The van der Waals surface area contributed by atoms with Gasteiger partial charge >= 0.3 is 0 Å². The lowest BCUT2D eigenvalue weighted by Crippen LogP contribution is -2.25. The van der Waals surface area contributed by atoms with E-state index in [2.05, 4.69) is 35.5 Å². The second-order valence-corrected chi connectivity index (χ2v) is 6.28. The Bertz CT molecular complexity index is 1020. The molecule has 3 nitrogen and oxygen atoms in total. The summed E-state index contributed by atoms with van der Waals surface area (Å²) in [5.74, 6) is 1.08. The third-order valence-corrected chi connectivity index (χ3v) is 4.30. The monoisotopic (exact) mass is 334 g/mol. The van der Waals surface area contributed by atoms with Crippen molar-refractivity contribution in [1.82, 2.24) is 4.98 Å². The molecule has 1 aromatic carbocycles. The maximum Gasteiger partial charge on any atom is 0.300 e. The number of carbonyl (C=O) groups is 1. The fourth-order valence-corrected chi connectivity index (χ4v) is 2.93. The first-order valence-electron chi connectivity index (χ1n) is 8.13. The van der Waals surface area contributed by atoms with Crippen LogP contribution in [0.4, 0.5) is 10.1 Å². The highest BCUT2D eigenvalue weighted by molar-refractivity contribution is 6.04. The van der Waals surface area contributed by atoms with Gasteiger partial charge in [-0.15, -0.1) is 6.42 Å². The van der Waals surface area contributed by atoms with E-state index in [9.17, 15) is 9.18 Å². The van der Waals surface area contributed by atoms with Crippen LogP contribution < -0.4 is 15.9 Å². The van der Waals surface area contributed by atoms with Crippen molar-refractivity contribution in [2.45, 2.75) is 20.3 Å². The van der Waals surface area contributed by atoms with Gasteiger partial charge in [-0.2, -0.15) is 0 Å². The number of anilines is 1. The zero-order valence-corrected chi connectivity index (χ0v) is 14.2. The van der Waals surface area contributed by atoms with Gasteiger partial charge in [-0.1, -0.05) is 25.1 Å². The molecule has 2 N–H and O–H groups in total. The lowest BCUT2D eigenvalue weighted by Gasteiger charge is -2.12. The summed E-state index contributed by atoms with van der Waals surface area (Å²) in [7, 11) is 0. The highest BCUT2D eigenvalue weighted by atomic mass is 19.1. The molecule has 3 rings (SSSR count). The molecule has 0 aliphatic heterocycles. The summed E-state index contributed by atoms with van der Waals surface area (Å²) in [6.07, 6.45) is 14.4. The molecule has 1 aliphatic rings. The molecule has 126 valence electrons. The Morgan fingerprint density at radius 3 is 3.00 bits per heavy atom. The van der Waals surface area contributed by atoms with Gasteiger partial charge in [0.1, 0.15) is 5.82 Å². The summed E-state index contributed by atoms with van der Waals surface area (Å²) in [6, 6.07) is 4.67. The second-order valence-electron chi connectivity index (χ2n) is 6.28. The van der Waals surface area contributed by atoms with Gasteiger partial charge in [0.25, 0.3) is 5.91 Å². The van der Waals surface area contributed by atoms with Crippen LogP contribution in [0.1, 0.15) is 24.5 Å².